The van der Waals surface area contributed by atoms with Crippen LogP contribution in [0.25, 0.3) is 0 Å². The molecule has 0 aliphatic carbocycles. The fraction of sp³-hybridized carbons (Fsp3) is 0.650. The van der Waals surface area contributed by atoms with Gasteiger partial charge in [0, 0.05) is 37.7 Å². The summed E-state index contributed by atoms with van der Waals surface area (Å²) in [6, 6.07) is 6.13. The van der Waals surface area contributed by atoms with E-state index >= 15 is 0 Å². The normalized spacial score (nSPS) is 17.5. The van der Waals surface area contributed by atoms with Crippen LogP contribution in [0.1, 0.15) is 25.8 Å². The molecule has 1 N–H and O–H groups in total. The van der Waals surface area contributed by atoms with Gasteiger partial charge in [0.2, 0.25) is 0 Å². The van der Waals surface area contributed by atoms with Crippen LogP contribution >= 0.6 is 35.7 Å². The van der Waals surface area contributed by atoms with E-state index in [0.29, 0.717) is 11.2 Å². The lowest BCUT2D eigenvalue weighted by atomic mass is 10.1. The van der Waals surface area contributed by atoms with Crippen molar-refractivity contribution < 1.29 is 9.47 Å². The van der Waals surface area contributed by atoms with Crippen molar-refractivity contribution in [3.63, 3.8) is 0 Å². The highest BCUT2D eigenvalue weighted by atomic mass is 127. The largest absolute Gasteiger partial charge is 0.493 e. The lowest BCUT2D eigenvalue weighted by molar-refractivity contribution is 0.354. The Kier molecular flexibility index (Phi) is 11.3. The summed E-state index contributed by atoms with van der Waals surface area (Å²) in [4.78, 5) is 6.89. The molecule has 1 aromatic carbocycles. The maximum Gasteiger partial charge on any atom is 0.193 e. The zero-order valence-electron chi connectivity index (χ0n) is 17.2. The van der Waals surface area contributed by atoms with Crippen LogP contribution < -0.4 is 14.8 Å². The number of methoxy groups -OCH3 is 2. The van der Waals surface area contributed by atoms with Gasteiger partial charge in [0.05, 0.1) is 14.2 Å². The summed E-state index contributed by atoms with van der Waals surface area (Å²) < 4.78 is 10.7. The first kappa shape index (κ1) is 24.2. The van der Waals surface area contributed by atoms with Gasteiger partial charge in [-0.3, -0.25) is 4.99 Å². The molecule has 1 saturated heterocycles. The third-order valence-electron chi connectivity index (χ3n) is 4.72. The number of nitrogens with one attached hydrogen (secondary N) is 1. The molecule has 1 aromatic rings. The summed E-state index contributed by atoms with van der Waals surface area (Å²) in [5, 5.41) is 4.22. The molecule has 1 fully saturated rings. The van der Waals surface area contributed by atoms with Crippen molar-refractivity contribution in [1.29, 1.82) is 0 Å². The fourth-order valence-corrected chi connectivity index (χ4v) is 4.43. The van der Waals surface area contributed by atoms with E-state index in [1.165, 1.54) is 11.3 Å². The van der Waals surface area contributed by atoms with Crippen LogP contribution in [0, 0.1) is 5.92 Å². The number of benzene rings is 1. The smallest absolute Gasteiger partial charge is 0.193 e. The van der Waals surface area contributed by atoms with Crippen LogP contribution in [0.5, 0.6) is 11.5 Å². The molecule has 0 radical (unpaired) electrons. The van der Waals surface area contributed by atoms with E-state index in [-0.39, 0.29) is 24.0 Å². The number of nitrogens with zero attached hydrogens (tertiary/aromatic N) is 2. The first-order valence-corrected chi connectivity index (χ1v) is 10.4. The van der Waals surface area contributed by atoms with Crippen LogP contribution in [-0.4, -0.2) is 62.8 Å². The van der Waals surface area contributed by atoms with Gasteiger partial charge in [-0.25, -0.2) is 0 Å². The highest BCUT2D eigenvalue weighted by Crippen LogP contribution is 2.28. The summed E-state index contributed by atoms with van der Waals surface area (Å²) in [6.45, 7) is 7.68. The maximum atomic E-state index is 5.38. The minimum Gasteiger partial charge on any atom is -0.493 e. The average molecular weight is 507 g/mol. The molecule has 0 amide bonds. The Morgan fingerprint density at radius 3 is 2.67 bits per heavy atom. The van der Waals surface area contributed by atoms with Crippen molar-refractivity contribution in [2.24, 2.45) is 10.9 Å². The molecule has 0 aromatic heterocycles. The number of hydrogen-bond donors (Lipinski definition) is 1. The lowest BCUT2D eigenvalue weighted by Crippen LogP contribution is -2.49. The van der Waals surface area contributed by atoms with Crippen molar-refractivity contribution in [3.8, 4) is 11.5 Å². The quantitative estimate of drug-likeness (QED) is 0.263. The number of guanidine groups is 1. The van der Waals surface area contributed by atoms with Gasteiger partial charge >= 0.3 is 0 Å². The zero-order valence-corrected chi connectivity index (χ0v) is 20.3. The standard InChI is InChI=1S/C20H33N3O2S.HI/c1-15(2)19-14-23(11-12-26-19)20(21-3)22-10-6-7-16-8-9-17(24-4)18(13-16)25-5;/h8-9,13,15,19H,6-7,10-12,14H2,1-5H3,(H,21,22);1H. The van der Waals surface area contributed by atoms with E-state index in [0.717, 1.165) is 49.9 Å². The van der Waals surface area contributed by atoms with Crippen LogP contribution in [0.15, 0.2) is 23.2 Å². The Labute approximate surface area is 185 Å². The Morgan fingerprint density at radius 1 is 1.30 bits per heavy atom. The Balaban J connectivity index is 0.00000364. The van der Waals surface area contributed by atoms with Crippen LogP contribution in [0.2, 0.25) is 0 Å². The van der Waals surface area contributed by atoms with Gasteiger partial charge in [-0.1, -0.05) is 19.9 Å². The fourth-order valence-electron chi connectivity index (χ4n) is 3.13. The van der Waals surface area contributed by atoms with E-state index in [9.17, 15) is 0 Å². The number of thioether (sulfide) groups is 1. The molecule has 1 unspecified atom stereocenters. The average Bonchev–Trinajstić information content (AvgIpc) is 2.67. The number of rotatable bonds is 7. The molecule has 154 valence electrons. The van der Waals surface area contributed by atoms with E-state index in [4.69, 9.17) is 9.47 Å². The summed E-state index contributed by atoms with van der Waals surface area (Å²) in [5.41, 5.74) is 1.26. The Morgan fingerprint density at radius 2 is 2.04 bits per heavy atom. The van der Waals surface area contributed by atoms with Gasteiger partial charge in [0.25, 0.3) is 0 Å². The molecular formula is C20H34IN3O2S. The van der Waals surface area contributed by atoms with Gasteiger partial charge in [-0.05, 0) is 36.5 Å². The third kappa shape index (κ3) is 7.25. The molecule has 1 aliphatic rings. The number of hydrogen-bond acceptors (Lipinski definition) is 4. The molecule has 5 nitrogen and oxygen atoms in total. The summed E-state index contributed by atoms with van der Waals surface area (Å²) in [7, 11) is 5.22. The van der Waals surface area contributed by atoms with Gasteiger partial charge in [-0.2, -0.15) is 11.8 Å². The predicted molar refractivity (Wildman–Crippen MR) is 127 cm³/mol. The van der Waals surface area contributed by atoms with Crippen LogP contribution in [0.4, 0.5) is 0 Å². The monoisotopic (exact) mass is 507 g/mol. The van der Waals surface area contributed by atoms with E-state index in [1.807, 2.05) is 13.1 Å². The third-order valence-corrected chi connectivity index (χ3v) is 6.26. The topological polar surface area (TPSA) is 46.1 Å². The first-order valence-electron chi connectivity index (χ1n) is 9.37. The van der Waals surface area contributed by atoms with Crippen molar-refractivity contribution in [3.05, 3.63) is 23.8 Å². The molecule has 1 heterocycles. The summed E-state index contributed by atoms with van der Waals surface area (Å²) in [6.07, 6.45) is 2.04. The first-order chi connectivity index (χ1) is 12.6. The molecule has 2 rings (SSSR count). The van der Waals surface area contributed by atoms with Crippen molar-refractivity contribution in [1.82, 2.24) is 10.2 Å². The number of ether oxygens (including phenoxy) is 2. The minimum absolute atomic E-state index is 0. The lowest BCUT2D eigenvalue weighted by Gasteiger charge is -2.36. The van der Waals surface area contributed by atoms with Gasteiger partial charge < -0.3 is 19.7 Å². The van der Waals surface area contributed by atoms with Crippen molar-refractivity contribution >= 4 is 41.7 Å². The highest BCUT2D eigenvalue weighted by molar-refractivity contribution is 14.0. The van der Waals surface area contributed by atoms with Gasteiger partial charge in [0.1, 0.15) is 0 Å². The van der Waals surface area contributed by atoms with Crippen LogP contribution in [-0.2, 0) is 6.42 Å². The van der Waals surface area contributed by atoms with Crippen molar-refractivity contribution in [2.75, 3.05) is 46.7 Å². The molecule has 1 aliphatic heterocycles. The van der Waals surface area contributed by atoms with E-state index in [2.05, 4.69) is 53.0 Å². The predicted octanol–water partition coefficient (Wildman–Crippen LogP) is 3.90. The number of halogens is 1. The zero-order chi connectivity index (χ0) is 18.9. The molecule has 0 bridgehead atoms. The van der Waals surface area contributed by atoms with Crippen LogP contribution in [0.3, 0.4) is 0 Å². The second kappa shape index (κ2) is 12.6. The highest BCUT2D eigenvalue weighted by Gasteiger charge is 2.24. The molecular weight excluding hydrogens is 473 g/mol. The Hall–Kier alpha value is -0.830. The van der Waals surface area contributed by atoms with Gasteiger partial charge in [0.15, 0.2) is 17.5 Å². The number of aryl methyl sites for hydroxylation is 1. The second-order valence-electron chi connectivity index (χ2n) is 6.87. The van der Waals surface area contributed by atoms with E-state index < -0.39 is 0 Å². The van der Waals surface area contributed by atoms with Crippen molar-refractivity contribution in [2.45, 2.75) is 31.9 Å². The molecule has 1 atom stereocenters. The second-order valence-corrected chi connectivity index (χ2v) is 8.21. The Bertz CT molecular complexity index is 599. The number of aliphatic imine (C=N–C) groups is 1. The van der Waals surface area contributed by atoms with E-state index in [1.54, 1.807) is 14.2 Å². The molecule has 7 heteroatoms. The summed E-state index contributed by atoms with van der Waals surface area (Å²) in [5.74, 6) is 4.47. The molecule has 27 heavy (non-hydrogen) atoms. The molecule has 0 spiro atoms. The molecule has 0 saturated carbocycles. The SMILES string of the molecule is CN=C(NCCCc1ccc(OC)c(OC)c1)N1CCSC(C(C)C)C1.I. The maximum absolute atomic E-state index is 5.38. The van der Waals surface area contributed by atoms with Gasteiger partial charge in [-0.15, -0.1) is 24.0 Å². The summed E-state index contributed by atoms with van der Waals surface area (Å²) >= 11 is 2.09. The minimum atomic E-state index is 0.